The maximum Gasteiger partial charge on any atom is 0.317 e. The largest absolute Gasteiger partial charge is 0.466 e. The van der Waals surface area contributed by atoms with E-state index in [9.17, 15) is 9.59 Å². The molecule has 1 saturated carbocycles. The van der Waals surface area contributed by atoms with Crippen LogP contribution in [-0.2, 0) is 9.53 Å². The van der Waals surface area contributed by atoms with Crippen molar-refractivity contribution in [3.63, 3.8) is 0 Å². The van der Waals surface area contributed by atoms with Crippen LogP contribution in [0.4, 0.5) is 4.79 Å². The summed E-state index contributed by atoms with van der Waals surface area (Å²) in [5.74, 6) is 0.438. The summed E-state index contributed by atoms with van der Waals surface area (Å²) >= 11 is 0. The molecule has 1 aromatic rings. The minimum Gasteiger partial charge on any atom is -0.466 e. The van der Waals surface area contributed by atoms with Gasteiger partial charge < -0.3 is 15.0 Å². The van der Waals surface area contributed by atoms with Gasteiger partial charge in [-0.3, -0.25) is 4.79 Å². The van der Waals surface area contributed by atoms with Crippen LogP contribution in [0, 0.1) is 18.8 Å². The molecule has 0 spiro atoms. The minimum absolute atomic E-state index is 0.0402. The van der Waals surface area contributed by atoms with Gasteiger partial charge in [0.15, 0.2) is 0 Å². The van der Waals surface area contributed by atoms with Gasteiger partial charge in [-0.1, -0.05) is 42.7 Å². The molecule has 1 N–H and O–H groups in total. The maximum absolute atomic E-state index is 13.0. The molecule has 5 heteroatoms. The molecule has 0 aromatic heterocycles. The van der Waals surface area contributed by atoms with Crippen LogP contribution in [0.3, 0.4) is 0 Å². The number of nitrogens with zero attached hydrogens (tertiary/aromatic N) is 1. The van der Waals surface area contributed by atoms with Crippen LogP contribution in [0.25, 0.3) is 0 Å². The molecule has 2 aliphatic rings. The number of carbonyl (C=O) groups is 2. The molecule has 3 rings (SSSR count). The predicted molar refractivity (Wildman–Crippen MR) is 115 cm³/mol. The van der Waals surface area contributed by atoms with E-state index in [1.807, 2.05) is 11.8 Å². The van der Waals surface area contributed by atoms with Gasteiger partial charge in [-0.25, -0.2) is 4.79 Å². The Labute approximate surface area is 175 Å². The fraction of sp³-hybridized carbons (Fsp3) is 0.667. The molecule has 2 fully saturated rings. The first-order valence-corrected chi connectivity index (χ1v) is 11.4. The fourth-order valence-electron chi connectivity index (χ4n) is 4.68. The van der Waals surface area contributed by atoms with E-state index in [1.54, 1.807) is 0 Å². The summed E-state index contributed by atoms with van der Waals surface area (Å²) in [6, 6.07) is 8.84. The normalized spacial score (nSPS) is 25.2. The van der Waals surface area contributed by atoms with E-state index in [2.05, 4.69) is 36.5 Å². The van der Waals surface area contributed by atoms with Crippen LogP contribution >= 0.6 is 0 Å². The lowest BCUT2D eigenvalue weighted by Gasteiger charge is -2.32. The number of carbonyl (C=O) groups excluding carboxylic acids is 2. The third-order valence-electron chi connectivity index (χ3n) is 6.48. The number of rotatable bonds is 5. The second-order valence-electron chi connectivity index (χ2n) is 8.62. The molecular formula is C24H36N2O3. The minimum atomic E-state index is -0.0551. The van der Waals surface area contributed by atoms with E-state index < -0.39 is 0 Å². The molecule has 1 aliphatic carbocycles. The number of hydrogen-bond acceptors (Lipinski definition) is 3. The van der Waals surface area contributed by atoms with Gasteiger partial charge in [0.25, 0.3) is 0 Å². The lowest BCUT2D eigenvalue weighted by Crippen LogP contribution is -2.44. The van der Waals surface area contributed by atoms with Gasteiger partial charge in [0.1, 0.15) is 0 Å². The Balaban J connectivity index is 1.53. The second-order valence-corrected chi connectivity index (χ2v) is 8.62. The highest BCUT2D eigenvalue weighted by atomic mass is 16.5. The molecule has 1 aliphatic heterocycles. The third kappa shape index (κ3) is 5.97. The number of nitrogens with one attached hydrogen (secondary N) is 1. The number of benzene rings is 1. The average Bonchev–Trinajstić information content (AvgIpc) is 2.99. The summed E-state index contributed by atoms with van der Waals surface area (Å²) in [6.45, 7) is 5.92. The van der Waals surface area contributed by atoms with E-state index in [0.29, 0.717) is 19.1 Å². The van der Waals surface area contributed by atoms with Gasteiger partial charge in [-0.05, 0) is 63.9 Å². The first-order chi connectivity index (χ1) is 14.1. The topological polar surface area (TPSA) is 58.6 Å². The van der Waals surface area contributed by atoms with Crippen molar-refractivity contribution in [2.75, 3.05) is 19.7 Å². The molecule has 1 atom stereocenters. The van der Waals surface area contributed by atoms with Gasteiger partial charge in [0, 0.05) is 13.1 Å². The van der Waals surface area contributed by atoms with Crippen molar-refractivity contribution < 1.29 is 14.3 Å². The zero-order valence-corrected chi connectivity index (χ0v) is 18.0. The van der Waals surface area contributed by atoms with Crippen molar-refractivity contribution in [3.8, 4) is 0 Å². The summed E-state index contributed by atoms with van der Waals surface area (Å²) in [4.78, 5) is 27.0. The van der Waals surface area contributed by atoms with Crippen LogP contribution in [0.15, 0.2) is 24.3 Å². The first kappa shape index (κ1) is 21.7. The smallest absolute Gasteiger partial charge is 0.317 e. The Bertz CT molecular complexity index is 665. The van der Waals surface area contributed by atoms with Gasteiger partial charge >= 0.3 is 12.0 Å². The summed E-state index contributed by atoms with van der Waals surface area (Å²) in [5, 5.41) is 3.20. The van der Waals surface area contributed by atoms with Crippen LogP contribution in [0.2, 0.25) is 0 Å². The lowest BCUT2D eigenvalue weighted by molar-refractivity contribution is -0.149. The zero-order valence-electron chi connectivity index (χ0n) is 18.0. The van der Waals surface area contributed by atoms with Crippen molar-refractivity contribution in [2.24, 2.45) is 11.8 Å². The number of esters is 1. The molecule has 1 aromatic carbocycles. The molecule has 0 bridgehead atoms. The number of aryl methyl sites for hydroxylation is 1. The third-order valence-corrected chi connectivity index (χ3v) is 6.48. The van der Waals surface area contributed by atoms with Gasteiger partial charge in [-0.2, -0.15) is 0 Å². The number of likely N-dealkylation sites (tertiary alicyclic amines) is 1. The standard InChI is InChI=1S/C24H36N2O3/c1-3-29-23(27)21-14-10-19(11-15-21)17-25-24(28)26-16-6-4-5-7-22(26)20-12-8-18(2)9-13-20/h8-9,12-13,19,21-22H,3-7,10-11,14-17H2,1-2H3,(H,25,28)/t19?,21?,22-/m1/s1. The monoisotopic (exact) mass is 400 g/mol. The summed E-state index contributed by atoms with van der Waals surface area (Å²) in [6.07, 6.45) is 8.15. The molecule has 1 saturated heterocycles. The van der Waals surface area contributed by atoms with Crippen molar-refractivity contribution >= 4 is 12.0 Å². The van der Waals surface area contributed by atoms with E-state index in [0.717, 1.165) is 45.1 Å². The predicted octanol–water partition coefficient (Wildman–Crippen LogP) is 4.99. The van der Waals surface area contributed by atoms with E-state index in [-0.39, 0.29) is 24.0 Å². The first-order valence-electron chi connectivity index (χ1n) is 11.4. The molecule has 0 radical (unpaired) electrons. The molecule has 29 heavy (non-hydrogen) atoms. The molecule has 1 heterocycles. The number of urea groups is 1. The summed E-state index contributed by atoms with van der Waals surface area (Å²) < 4.78 is 5.15. The number of ether oxygens (including phenoxy) is 1. The van der Waals surface area contributed by atoms with Gasteiger partial charge in [-0.15, -0.1) is 0 Å². The Hall–Kier alpha value is -2.04. The highest BCUT2D eigenvalue weighted by molar-refractivity contribution is 5.75. The SMILES string of the molecule is CCOC(=O)C1CCC(CNC(=O)N2CCCCC[C@@H]2c2ccc(C)cc2)CC1. The molecule has 0 unspecified atom stereocenters. The Morgan fingerprint density at radius 1 is 1.03 bits per heavy atom. The maximum atomic E-state index is 13.0. The Morgan fingerprint density at radius 3 is 2.45 bits per heavy atom. The van der Waals surface area contributed by atoms with Crippen molar-refractivity contribution in [2.45, 2.75) is 71.3 Å². The van der Waals surface area contributed by atoms with Crippen LogP contribution in [-0.4, -0.2) is 36.6 Å². The van der Waals surface area contributed by atoms with Gasteiger partial charge in [0.05, 0.1) is 18.6 Å². The van der Waals surface area contributed by atoms with E-state index >= 15 is 0 Å². The van der Waals surface area contributed by atoms with Crippen LogP contribution < -0.4 is 5.32 Å². The van der Waals surface area contributed by atoms with E-state index in [4.69, 9.17) is 4.74 Å². The van der Waals surface area contributed by atoms with Crippen molar-refractivity contribution in [1.82, 2.24) is 10.2 Å². The lowest BCUT2D eigenvalue weighted by atomic mass is 9.82. The van der Waals surface area contributed by atoms with Crippen molar-refractivity contribution in [3.05, 3.63) is 35.4 Å². The highest BCUT2D eigenvalue weighted by Crippen LogP contribution is 2.31. The fourth-order valence-corrected chi connectivity index (χ4v) is 4.68. The zero-order chi connectivity index (χ0) is 20.6. The van der Waals surface area contributed by atoms with Crippen LogP contribution in [0.1, 0.15) is 75.5 Å². The molecule has 5 nitrogen and oxygen atoms in total. The van der Waals surface area contributed by atoms with Crippen LogP contribution in [0.5, 0.6) is 0 Å². The van der Waals surface area contributed by atoms with Crippen molar-refractivity contribution in [1.29, 1.82) is 0 Å². The molecule has 160 valence electrons. The summed E-state index contributed by atoms with van der Waals surface area (Å²) in [5.41, 5.74) is 2.49. The Morgan fingerprint density at radius 2 is 1.76 bits per heavy atom. The molecule has 2 amide bonds. The summed E-state index contributed by atoms with van der Waals surface area (Å²) in [7, 11) is 0. The van der Waals surface area contributed by atoms with Gasteiger partial charge in [0.2, 0.25) is 0 Å². The highest BCUT2D eigenvalue weighted by Gasteiger charge is 2.29. The molecular weight excluding hydrogens is 364 g/mol. The average molecular weight is 401 g/mol. The Kier molecular flexibility index (Phi) is 7.96. The quantitative estimate of drug-likeness (QED) is 0.708. The second kappa shape index (κ2) is 10.7. The van der Waals surface area contributed by atoms with E-state index in [1.165, 1.54) is 24.0 Å². The number of hydrogen-bond donors (Lipinski definition) is 1. The number of amides is 2.